The fourth-order valence-electron chi connectivity index (χ4n) is 4.02. The molecule has 11 heteroatoms. The van der Waals surface area contributed by atoms with E-state index in [-0.39, 0.29) is 17.4 Å². The van der Waals surface area contributed by atoms with E-state index in [1.807, 2.05) is 33.9 Å². The van der Waals surface area contributed by atoms with E-state index >= 15 is 0 Å². The summed E-state index contributed by atoms with van der Waals surface area (Å²) in [5.41, 5.74) is 1.80. The number of hydrogen-bond donors (Lipinski definition) is 1. The van der Waals surface area contributed by atoms with Crippen LogP contribution in [0, 0.1) is 0 Å². The highest BCUT2D eigenvalue weighted by Crippen LogP contribution is 2.40. The number of piperidine rings is 1. The van der Waals surface area contributed by atoms with Crippen molar-refractivity contribution in [1.29, 1.82) is 0 Å². The van der Waals surface area contributed by atoms with Crippen molar-refractivity contribution in [3.05, 3.63) is 52.5 Å². The van der Waals surface area contributed by atoms with Gasteiger partial charge in [-0.3, -0.25) is 14.6 Å². The molecule has 7 nitrogen and oxygen atoms in total. The topological polar surface area (TPSA) is 90.8 Å². The van der Waals surface area contributed by atoms with E-state index in [4.69, 9.17) is 9.90 Å². The van der Waals surface area contributed by atoms with Crippen molar-refractivity contribution in [2.45, 2.75) is 43.9 Å². The zero-order valence-electron chi connectivity index (χ0n) is 17.0. The molecule has 0 aromatic carbocycles. The van der Waals surface area contributed by atoms with Crippen LogP contribution in [0.2, 0.25) is 0 Å². The molecule has 172 valence electrons. The molecule has 2 fully saturated rings. The van der Waals surface area contributed by atoms with Crippen molar-refractivity contribution < 1.29 is 32.7 Å². The number of nitrogens with zero attached hydrogens (tertiary/aromatic N) is 3. The smallest absolute Gasteiger partial charge is 0.475 e. The summed E-state index contributed by atoms with van der Waals surface area (Å²) in [5, 5.41) is 11.0. The van der Waals surface area contributed by atoms with E-state index in [0.717, 1.165) is 43.5 Å². The third kappa shape index (κ3) is 5.45. The summed E-state index contributed by atoms with van der Waals surface area (Å²) in [7, 11) is 0. The predicted molar refractivity (Wildman–Crippen MR) is 110 cm³/mol. The van der Waals surface area contributed by atoms with Gasteiger partial charge in [0.05, 0.1) is 5.56 Å². The Morgan fingerprint density at radius 2 is 1.75 bits per heavy atom. The standard InChI is InChI=1S/C19H21N3O2S.C2HF3O2/c23-17-1-5-19(22(17)13-15-2-8-20-9-3-15)6-10-21(11-7-19)18(24)16-4-12-25-14-16;3-2(4,5)1(6)7/h2-4,8-9,12,14H,1,5-7,10-11,13H2;(H,6,7). The van der Waals surface area contributed by atoms with Crippen LogP contribution in [-0.4, -0.2) is 62.5 Å². The average molecular weight is 469 g/mol. The zero-order chi connectivity index (χ0) is 23.4. The van der Waals surface area contributed by atoms with Gasteiger partial charge in [-0.25, -0.2) is 4.79 Å². The highest BCUT2D eigenvalue weighted by molar-refractivity contribution is 7.08. The summed E-state index contributed by atoms with van der Waals surface area (Å²) in [6, 6.07) is 5.81. The summed E-state index contributed by atoms with van der Waals surface area (Å²) in [6.45, 7) is 2.07. The average Bonchev–Trinajstić information content (AvgIpc) is 3.40. The molecule has 1 N–H and O–H groups in total. The van der Waals surface area contributed by atoms with Crippen LogP contribution < -0.4 is 0 Å². The van der Waals surface area contributed by atoms with Gasteiger partial charge in [-0.05, 0) is 48.4 Å². The van der Waals surface area contributed by atoms with Crippen molar-refractivity contribution in [3.8, 4) is 0 Å². The number of amides is 2. The van der Waals surface area contributed by atoms with E-state index in [1.165, 1.54) is 0 Å². The van der Waals surface area contributed by atoms with Gasteiger partial charge in [-0.1, -0.05) is 0 Å². The van der Waals surface area contributed by atoms with Gasteiger partial charge in [0.2, 0.25) is 5.91 Å². The van der Waals surface area contributed by atoms with Crippen molar-refractivity contribution in [1.82, 2.24) is 14.8 Å². The summed E-state index contributed by atoms with van der Waals surface area (Å²) in [4.78, 5) is 42.0. The largest absolute Gasteiger partial charge is 0.490 e. The van der Waals surface area contributed by atoms with E-state index in [2.05, 4.69) is 9.88 Å². The molecule has 4 heterocycles. The van der Waals surface area contributed by atoms with Crippen molar-refractivity contribution in [2.24, 2.45) is 0 Å². The number of carboxylic acid groups (broad SMARTS) is 1. The van der Waals surface area contributed by atoms with Crippen molar-refractivity contribution in [2.75, 3.05) is 13.1 Å². The lowest BCUT2D eigenvalue weighted by atomic mass is 9.84. The minimum atomic E-state index is -5.08. The zero-order valence-corrected chi connectivity index (χ0v) is 17.9. The fraction of sp³-hybridized carbons (Fsp3) is 0.429. The van der Waals surface area contributed by atoms with Gasteiger partial charge < -0.3 is 14.9 Å². The molecule has 0 saturated carbocycles. The number of alkyl halides is 3. The molecular weight excluding hydrogens is 447 g/mol. The predicted octanol–water partition coefficient (Wildman–Crippen LogP) is 3.57. The number of pyridine rings is 1. The SMILES string of the molecule is O=C(O)C(F)(F)F.O=C(c1ccsc1)N1CCC2(CCC(=O)N2Cc2ccncc2)CC1. The maximum absolute atomic E-state index is 12.5. The molecule has 0 radical (unpaired) electrons. The van der Waals surface area contributed by atoms with Gasteiger partial charge in [0.15, 0.2) is 0 Å². The van der Waals surface area contributed by atoms with Crippen LogP contribution in [0.4, 0.5) is 13.2 Å². The fourth-order valence-corrected chi connectivity index (χ4v) is 4.65. The highest BCUT2D eigenvalue weighted by atomic mass is 32.1. The number of halogens is 3. The maximum Gasteiger partial charge on any atom is 0.490 e. The van der Waals surface area contributed by atoms with Gasteiger partial charge >= 0.3 is 12.1 Å². The van der Waals surface area contributed by atoms with Gasteiger partial charge in [0.25, 0.3) is 5.91 Å². The number of aromatic nitrogens is 1. The minimum Gasteiger partial charge on any atom is -0.475 e. The quantitative estimate of drug-likeness (QED) is 0.742. The van der Waals surface area contributed by atoms with Gasteiger partial charge in [-0.15, -0.1) is 0 Å². The number of thiophene rings is 1. The number of likely N-dealkylation sites (tertiary alicyclic amines) is 2. The number of carbonyl (C=O) groups excluding carboxylic acids is 2. The van der Waals surface area contributed by atoms with Crippen LogP contribution in [-0.2, 0) is 16.1 Å². The molecule has 1 spiro atoms. The monoisotopic (exact) mass is 469 g/mol. The van der Waals surface area contributed by atoms with E-state index in [0.29, 0.717) is 13.0 Å². The Kier molecular flexibility index (Phi) is 7.17. The lowest BCUT2D eigenvalue weighted by Crippen LogP contribution is -2.53. The molecule has 0 atom stereocenters. The molecule has 0 unspecified atom stereocenters. The molecule has 0 bridgehead atoms. The van der Waals surface area contributed by atoms with Crippen LogP contribution in [0.25, 0.3) is 0 Å². The highest BCUT2D eigenvalue weighted by Gasteiger charge is 2.47. The first-order valence-corrected chi connectivity index (χ1v) is 10.9. The minimum absolute atomic E-state index is 0.0915. The van der Waals surface area contributed by atoms with Crippen LogP contribution in [0.5, 0.6) is 0 Å². The first kappa shape index (κ1) is 23.7. The lowest BCUT2D eigenvalue weighted by molar-refractivity contribution is -0.192. The Bertz CT molecular complexity index is 943. The van der Waals surface area contributed by atoms with Crippen molar-refractivity contribution in [3.63, 3.8) is 0 Å². The second-order valence-corrected chi connectivity index (χ2v) is 8.45. The van der Waals surface area contributed by atoms with Crippen LogP contribution in [0.1, 0.15) is 41.6 Å². The number of carbonyl (C=O) groups is 3. The molecular formula is C21H22F3N3O4S. The second kappa shape index (κ2) is 9.68. The Morgan fingerprint density at radius 1 is 1.12 bits per heavy atom. The molecule has 0 aliphatic carbocycles. The van der Waals surface area contributed by atoms with Crippen molar-refractivity contribution >= 4 is 29.1 Å². The first-order valence-electron chi connectivity index (χ1n) is 9.93. The summed E-state index contributed by atoms with van der Waals surface area (Å²) >= 11 is 1.55. The first-order chi connectivity index (χ1) is 15.1. The summed E-state index contributed by atoms with van der Waals surface area (Å²) in [5.74, 6) is -2.41. The summed E-state index contributed by atoms with van der Waals surface area (Å²) < 4.78 is 31.7. The van der Waals surface area contributed by atoms with Gasteiger partial charge in [0, 0.05) is 49.4 Å². The maximum atomic E-state index is 12.5. The Labute approximate surface area is 186 Å². The molecule has 2 saturated heterocycles. The van der Waals surface area contributed by atoms with Crippen LogP contribution in [0.15, 0.2) is 41.4 Å². The van der Waals surface area contributed by atoms with E-state index < -0.39 is 12.1 Å². The summed E-state index contributed by atoms with van der Waals surface area (Å²) in [6.07, 6.45) is 1.69. The van der Waals surface area contributed by atoms with E-state index in [1.54, 1.807) is 23.7 Å². The third-order valence-corrected chi connectivity index (χ3v) is 6.44. The molecule has 2 aromatic rings. The molecule has 2 aliphatic rings. The second-order valence-electron chi connectivity index (χ2n) is 7.67. The normalized spacial score (nSPS) is 17.8. The Morgan fingerprint density at radius 3 is 2.28 bits per heavy atom. The molecule has 4 rings (SSSR count). The number of aliphatic carboxylic acids is 1. The number of hydrogen-bond acceptors (Lipinski definition) is 5. The lowest BCUT2D eigenvalue weighted by Gasteiger charge is -2.45. The third-order valence-electron chi connectivity index (χ3n) is 5.76. The molecule has 2 aromatic heterocycles. The van der Waals surface area contributed by atoms with Gasteiger partial charge in [-0.2, -0.15) is 24.5 Å². The van der Waals surface area contributed by atoms with Crippen LogP contribution >= 0.6 is 11.3 Å². The Hall–Kier alpha value is -2.95. The van der Waals surface area contributed by atoms with E-state index in [9.17, 15) is 22.8 Å². The molecule has 32 heavy (non-hydrogen) atoms. The van der Waals surface area contributed by atoms with Gasteiger partial charge in [0.1, 0.15) is 0 Å². The number of rotatable bonds is 3. The molecule has 2 amide bonds. The van der Waals surface area contributed by atoms with Crippen LogP contribution in [0.3, 0.4) is 0 Å². The Balaban J connectivity index is 0.000000360. The molecule has 2 aliphatic heterocycles. The number of carboxylic acids is 1.